The summed E-state index contributed by atoms with van der Waals surface area (Å²) in [7, 11) is 3.17. The van der Waals surface area contributed by atoms with Crippen molar-refractivity contribution in [3.8, 4) is 11.5 Å². The summed E-state index contributed by atoms with van der Waals surface area (Å²) >= 11 is 0. The number of nitrogens with zero attached hydrogens (tertiary/aromatic N) is 1. The van der Waals surface area contributed by atoms with E-state index >= 15 is 0 Å². The Labute approximate surface area is 178 Å². The van der Waals surface area contributed by atoms with Gasteiger partial charge in [-0.2, -0.15) is 0 Å². The summed E-state index contributed by atoms with van der Waals surface area (Å²) in [4.78, 5) is 39.4. The fourth-order valence-corrected chi connectivity index (χ4v) is 4.80. The number of carbonyl (C=O) groups is 3. The Morgan fingerprint density at radius 2 is 1.87 bits per heavy atom. The van der Waals surface area contributed by atoms with Gasteiger partial charge in [-0.05, 0) is 42.4 Å². The molecular weight excluding hydrogens is 384 g/mol. The Kier molecular flexibility index (Phi) is 6.11. The first-order chi connectivity index (χ1) is 14.2. The summed E-state index contributed by atoms with van der Waals surface area (Å²) in [5, 5.41) is 2.87. The van der Waals surface area contributed by atoms with Crippen molar-refractivity contribution in [1.82, 2.24) is 10.2 Å². The first-order valence-electron chi connectivity index (χ1n) is 10.5. The van der Waals surface area contributed by atoms with Crippen molar-refractivity contribution in [2.45, 2.75) is 46.5 Å². The molecule has 1 heterocycles. The van der Waals surface area contributed by atoms with Gasteiger partial charge in [0.2, 0.25) is 17.7 Å². The molecule has 0 spiro atoms. The lowest BCUT2D eigenvalue weighted by molar-refractivity contribution is -0.167. The van der Waals surface area contributed by atoms with Crippen LogP contribution < -0.4 is 14.8 Å². The van der Waals surface area contributed by atoms with Crippen LogP contribution in [0.4, 0.5) is 0 Å². The van der Waals surface area contributed by atoms with E-state index in [4.69, 9.17) is 9.47 Å². The molecule has 1 aliphatic carbocycles. The zero-order valence-corrected chi connectivity index (χ0v) is 18.5. The lowest BCUT2D eigenvalue weighted by Gasteiger charge is -2.47. The van der Waals surface area contributed by atoms with E-state index in [2.05, 4.69) is 5.32 Å². The Morgan fingerprint density at radius 1 is 1.17 bits per heavy atom. The van der Waals surface area contributed by atoms with Crippen LogP contribution in [0.15, 0.2) is 18.2 Å². The van der Waals surface area contributed by atoms with Crippen LogP contribution in [0.5, 0.6) is 11.5 Å². The van der Waals surface area contributed by atoms with Gasteiger partial charge in [-0.25, -0.2) is 0 Å². The summed E-state index contributed by atoms with van der Waals surface area (Å²) < 4.78 is 10.5. The number of likely N-dealkylation sites (tertiary alicyclic amines) is 1. The average Bonchev–Trinajstić information content (AvgIpc) is 2.91. The van der Waals surface area contributed by atoms with Crippen molar-refractivity contribution in [3.05, 3.63) is 23.8 Å². The molecule has 2 atom stereocenters. The van der Waals surface area contributed by atoms with Crippen LogP contribution in [0.25, 0.3) is 0 Å². The number of benzene rings is 1. The van der Waals surface area contributed by atoms with Crippen LogP contribution in [-0.4, -0.2) is 49.9 Å². The van der Waals surface area contributed by atoms with E-state index in [0.29, 0.717) is 24.5 Å². The molecular formula is C23H32N2O5. The number of amides is 3. The smallest absolute Gasteiger partial charge is 0.235 e. The number of nitrogens with one attached hydrogen (secondary N) is 1. The molecule has 3 rings (SSSR count). The van der Waals surface area contributed by atoms with E-state index in [1.807, 2.05) is 39.0 Å². The molecule has 1 aromatic carbocycles. The average molecular weight is 417 g/mol. The molecule has 2 bridgehead atoms. The second-order valence-corrected chi connectivity index (χ2v) is 8.98. The van der Waals surface area contributed by atoms with Crippen molar-refractivity contribution in [3.63, 3.8) is 0 Å². The molecule has 1 aromatic rings. The van der Waals surface area contributed by atoms with Gasteiger partial charge in [0.05, 0.1) is 19.6 Å². The molecule has 0 aromatic heterocycles. The maximum absolute atomic E-state index is 13.0. The number of hydrogen-bond donors (Lipinski definition) is 1. The third-order valence-electron chi connectivity index (χ3n) is 7.25. The normalized spacial score (nSPS) is 24.7. The van der Waals surface area contributed by atoms with Gasteiger partial charge in [-0.3, -0.25) is 19.3 Å². The number of imide groups is 1. The maximum Gasteiger partial charge on any atom is 0.235 e. The SMILES string of the molecule is COc1ccc(CCNC(=O)CCN2C(=O)C3CCC(C)(C2=O)C3(C)C)cc1OC. The standard InChI is InChI=1S/C23H32N2O5/c1-22(2)16-8-11-23(22,3)21(28)25(20(16)27)13-10-19(26)24-12-9-15-6-7-17(29-4)18(14-15)30-5/h6-7,14,16H,8-13H2,1-5H3,(H,24,26). The van der Waals surface area contributed by atoms with Crippen LogP contribution >= 0.6 is 0 Å². The Morgan fingerprint density at radius 3 is 2.53 bits per heavy atom. The van der Waals surface area contributed by atoms with Crippen LogP contribution in [0.2, 0.25) is 0 Å². The molecule has 30 heavy (non-hydrogen) atoms. The molecule has 7 nitrogen and oxygen atoms in total. The Bertz CT molecular complexity index is 850. The van der Waals surface area contributed by atoms with Gasteiger partial charge in [0.15, 0.2) is 11.5 Å². The monoisotopic (exact) mass is 416 g/mol. The van der Waals surface area contributed by atoms with Crippen LogP contribution in [0, 0.1) is 16.7 Å². The molecule has 1 saturated carbocycles. The molecule has 1 aliphatic heterocycles. The largest absolute Gasteiger partial charge is 0.493 e. The van der Waals surface area contributed by atoms with Gasteiger partial charge in [-0.15, -0.1) is 0 Å². The number of methoxy groups -OCH3 is 2. The highest BCUT2D eigenvalue weighted by Crippen LogP contribution is 2.60. The molecule has 1 saturated heterocycles. The third-order valence-corrected chi connectivity index (χ3v) is 7.25. The molecule has 0 radical (unpaired) electrons. The quantitative estimate of drug-likeness (QED) is 0.659. The van der Waals surface area contributed by atoms with Crippen LogP contribution in [-0.2, 0) is 20.8 Å². The zero-order chi connectivity index (χ0) is 22.1. The summed E-state index contributed by atoms with van der Waals surface area (Å²) in [5.74, 6) is 0.732. The van der Waals surface area contributed by atoms with E-state index in [1.165, 1.54) is 4.90 Å². The number of ether oxygens (including phenoxy) is 2. The predicted octanol–water partition coefficient (Wildman–Crippen LogP) is 2.56. The van der Waals surface area contributed by atoms with Gasteiger partial charge in [0.25, 0.3) is 0 Å². The van der Waals surface area contributed by atoms with Crippen molar-refractivity contribution < 1.29 is 23.9 Å². The predicted molar refractivity (Wildman–Crippen MR) is 112 cm³/mol. The number of hydrogen-bond acceptors (Lipinski definition) is 5. The van der Waals surface area contributed by atoms with Crippen LogP contribution in [0.3, 0.4) is 0 Å². The summed E-state index contributed by atoms with van der Waals surface area (Å²) in [6.45, 7) is 6.58. The topological polar surface area (TPSA) is 84.9 Å². The van der Waals surface area contributed by atoms with E-state index in [9.17, 15) is 14.4 Å². The van der Waals surface area contributed by atoms with Gasteiger partial charge < -0.3 is 14.8 Å². The highest BCUT2D eigenvalue weighted by atomic mass is 16.5. The molecule has 2 unspecified atom stereocenters. The second kappa shape index (κ2) is 8.28. The minimum absolute atomic E-state index is 0.118. The fourth-order valence-electron chi connectivity index (χ4n) is 4.80. The fraction of sp³-hybridized carbons (Fsp3) is 0.609. The number of rotatable bonds is 8. The lowest BCUT2D eigenvalue weighted by Crippen LogP contribution is -2.59. The van der Waals surface area contributed by atoms with E-state index in [1.54, 1.807) is 14.2 Å². The first kappa shape index (κ1) is 22.1. The maximum atomic E-state index is 13.0. The Hall–Kier alpha value is -2.57. The zero-order valence-electron chi connectivity index (χ0n) is 18.5. The highest BCUT2D eigenvalue weighted by Gasteiger charge is 2.64. The number of piperidine rings is 1. The second-order valence-electron chi connectivity index (χ2n) is 8.98. The van der Waals surface area contributed by atoms with Crippen molar-refractivity contribution in [2.75, 3.05) is 27.3 Å². The van der Waals surface area contributed by atoms with Gasteiger partial charge in [0, 0.05) is 25.4 Å². The summed E-state index contributed by atoms with van der Waals surface area (Å²) in [6, 6.07) is 5.64. The molecule has 164 valence electrons. The van der Waals surface area contributed by atoms with Crippen molar-refractivity contribution in [2.24, 2.45) is 16.7 Å². The van der Waals surface area contributed by atoms with Gasteiger partial charge >= 0.3 is 0 Å². The summed E-state index contributed by atoms with van der Waals surface area (Å²) in [6.07, 6.45) is 2.22. The van der Waals surface area contributed by atoms with E-state index < -0.39 is 5.41 Å². The molecule has 2 fully saturated rings. The van der Waals surface area contributed by atoms with Gasteiger partial charge in [0.1, 0.15) is 0 Å². The number of fused-ring (bicyclic) bond motifs is 2. The molecule has 2 aliphatic rings. The summed E-state index contributed by atoms with van der Waals surface area (Å²) in [5.41, 5.74) is 0.149. The highest BCUT2D eigenvalue weighted by molar-refractivity contribution is 6.04. The van der Waals surface area contributed by atoms with E-state index in [0.717, 1.165) is 18.4 Å². The molecule has 3 amide bonds. The lowest BCUT2D eigenvalue weighted by atomic mass is 9.62. The minimum Gasteiger partial charge on any atom is -0.493 e. The minimum atomic E-state index is -0.532. The van der Waals surface area contributed by atoms with Gasteiger partial charge in [-0.1, -0.05) is 26.8 Å². The molecule has 1 N–H and O–H groups in total. The Balaban J connectivity index is 1.51. The van der Waals surface area contributed by atoms with Crippen molar-refractivity contribution >= 4 is 17.7 Å². The molecule has 7 heteroatoms. The van der Waals surface area contributed by atoms with E-state index in [-0.39, 0.29) is 42.0 Å². The van der Waals surface area contributed by atoms with Crippen LogP contribution in [0.1, 0.15) is 45.6 Å². The van der Waals surface area contributed by atoms with Crippen molar-refractivity contribution in [1.29, 1.82) is 0 Å². The number of carbonyl (C=O) groups excluding carboxylic acids is 3. The third kappa shape index (κ3) is 3.66. The first-order valence-corrected chi connectivity index (χ1v) is 10.5.